The maximum atomic E-state index is 12.6. The summed E-state index contributed by atoms with van der Waals surface area (Å²) in [6.07, 6.45) is 0.343. The Kier molecular flexibility index (Phi) is 4.76. The van der Waals surface area contributed by atoms with Gasteiger partial charge in [0, 0.05) is 13.1 Å². The van der Waals surface area contributed by atoms with Gasteiger partial charge in [-0.1, -0.05) is 0 Å². The zero-order valence-corrected chi connectivity index (χ0v) is 11.7. The van der Waals surface area contributed by atoms with Crippen molar-refractivity contribution in [3.05, 3.63) is 0 Å². The number of piperidine rings is 1. The van der Waals surface area contributed by atoms with Crippen molar-refractivity contribution in [2.75, 3.05) is 19.8 Å². The molecule has 0 aromatic rings. The fourth-order valence-corrected chi connectivity index (χ4v) is 2.28. The summed E-state index contributed by atoms with van der Waals surface area (Å²) in [5, 5.41) is 9.31. The van der Waals surface area contributed by atoms with Crippen LogP contribution >= 0.6 is 0 Å². The van der Waals surface area contributed by atoms with Gasteiger partial charge < -0.3 is 14.7 Å². The quantitative estimate of drug-likeness (QED) is 0.859. The molecule has 1 N–H and O–H groups in total. The molecule has 1 saturated heterocycles. The Morgan fingerprint density at radius 2 is 2.05 bits per heavy atom. The average Bonchev–Trinajstić information content (AvgIpc) is 2.27. The predicted molar refractivity (Wildman–Crippen MR) is 67.7 cm³/mol. The maximum absolute atomic E-state index is 12.6. The van der Waals surface area contributed by atoms with Crippen LogP contribution in [0.4, 0.5) is 9.18 Å². The summed E-state index contributed by atoms with van der Waals surface area (Å²) in [5.74, 6) is -1.04. The first-order valence-electron chi connectivity index (χ1n) is 6.47. The van der Waals surface area contributed by atoms with E-state index in [4.69, 9.17) is 4.74 Å². The van der Waals surface area contributed by atoms with Crippen LogP contribution in [0.2, 0.25) is 0 Å². The van der Waals surface area contributed by atoms with Crippen molar-refractivity contribution < 1.29 is 23.8 Å². The number of aliphatic carboxylic acids is 1. The number of likely N-dealkylation sites (tertiary alicyclic amines) is 1. The highest BCUT2D eigenvalue weighted by Gasteiger charge is 2.44. The van der Waals surface area contributed by atoms with Gasteiger partial charge >= 0.3 is 12.1 Å². The SMILES string of the molecule is CC(C)(C)OC(=O)N1CCCC(CCF)(C(=O)O)C1. The Morgan fingerprint density at radius 3 is 2.53 bits per heavy atom. The Morgan fingerprint density at radius 1 is 1.42 bits per heavy atom. The van der Waals surface area contributed by atoms with Gasteiger partial charge in [-0.05, 0) is 40.0 Å². The third-order valence-corrected chi connectivity index (χ3v) is 3.26. The highest BCUT2D eigenvalue weighted by molar-refractivity contribution is 5.77. The summed E-state index contributed by atoms with van der Waals surface area (Å²) in [5.41, 5.74) is -1.80. The second-order valence-corrected chi connectivity index (χ2v) is 6.03. The van der Waals surface area contributed by atoms with Crippen molar-refractivity contribution in [1.82, 2.24) is 4.90 Å². The number of nitrogens with zero attached hydrogens (tertiary/aromatic N) is 1. The molecule has 1 heterocycles. The van der Waals surface area contributed by atoms with Crippen molar-refractivity contribution in [3.8, 4) is 0 Å². The first-order chi connectivity index (χ1) is 8.70. The number of ether oxygens (including phenoxy) is 1. The molecule has 1 aliphatic heterocycles. The van der Waals surface area contributed by atoms with Gasteiger partial charge in [-0.2, -0.15) is 0 Å². The lowest BCUT2D eigenvalue weighted by atomic mass is 9.77. The van der Waals surface area contributed by atoms with Crippen LogP contribution in [-0.2, 0) is 9.53 Å². The summed E-state index contributed by atoms with van der Waals surface area (Å²) in [6, 6.07) is 0. The second-order valence-electron chi connectivity index (χ2n) is 6.03. The number of rotatable bonds is 3. The first-order valence-corrected chi connectivity index (χ1v) is 6.47. The van der Waals surface area contributed by atoms with Gasteiger partial charge in [-0.25, -0.2) is 4.79 Å². The van der Waals surface area contributed by atoms with E-state index in [0.717, 1.165) is 0 Å². The minimum atomic E-state index is -1.18. The number of amides is 1. The van der Waals surface area contributed by atoms with E-state index in [9.17, 15) is 19.1 Å². The number of halogens is 1. The van der Waals surface area contributed by atoms with Crippen LogP contribution in [0, 0.1) is 5.41 Å². The highest BCUT2D eigenvalue weighted by atomic mass is 19.1. The molecule has 6 heteroatoms. The molecule has 0 radical (unpaired) electrons. The third kappa shape index (κ3) is 4.08. The zero-order chi connectivity index (χ0) is 14.7. The van der Waals surface area contributed by atoms with E-state index < -0.39 is 29.8 Å². The average molecular weight is 275 g/mol. The summed E-state index contributed by atoms with van der Waals surface area (Å²) in [7, 11) is 0. The molecule has 5 nitrogen and oxygen atoms in total. The number of hydrogen-bond acceptors (Lipinski definition) is 3. The molecular weight excluding hydrogens is 253 g/mol. The maximum Gasteiger partial charge on any atom is 0.410 e. The van der Waals surface area contributed by atoms with Crippen molar-refractivity contribution in [2.45, 2.75) is 45.6 Å². The molecule has 0 spiro atoms. The van der Waals surface area contributed by atoms with Gasteiger partial charge in [0.25, 0.3) is 0 Å². The van der Waals surface area contributed by atoms with Crippen molar-refractivity contribution in [1.29, 1.82) is 0 Å². The minimum Gasteiger partial charge on any atom is -0.481 e. The summed E-state index contributed by atoms with van der Waals surface area (Å²) in [4.78, 5) is 24.7. The van der Waals surface area contributed by atoms with Crippen LogP contribution < -0.4 is 0 Å². The molecule has 1 amide bonds. The number of alkyl halides is 1. The van der Waals surface area contributed by atoms with Crippen LogP contribution in [0.1, 0.15) is 40.0 Å². The van der Waals surface area contributed by atoms with Crippen LogP contribution in [0.3, 0.4) is 0 Å². The lowest BCUT2D eigenvalue weighted by molar-refractivity contribution is -0.153. The van der Waals surface area contributed by atoms with Crippen LogP contribution in [0.5, 0.6) is 0 Å². The Balaban J connectivity index is 2.77. The van der Waals surface area contributed by atoms with Gasteiger partial charge in [0.15, 0.2) is 0 Å². The minimum absolute atomic E-state index is 0.0150. The summed E-state index contributed by atoms with van der Waals surface area (Å²) in [6.45, 7) is 5.02. The van der Waals surface area contributed by atoms with E-state index in [-0.39, 0.29) is 13.0 Å². The topological polar surface area (TPSA) is 66.8 Å². The number of carboxylic acid groups (broad SMARTS) is 1. The molecule has 110 valence electrons. The smallest absolute Gasteiger partial charge is 0.410 e. The van der Waals surface area contributed by atoms with Gasteiger partial charge in [-0.15, -0.1) is 0 Å². The largest absolute Gasteiger partial charge is 0.481 e. The number of hydrogen-bond donors (Lipinski definition) is 1. The Bertz CT molecular complexity index is 349. The predicted octanol–water partition coefficient (Wildman–Crippen LogP) is 2.45. The van der Waals surface area contributed by atoms with E-state index in [1.54, 1.807) is 20.8 Å². The van der Waals surface area contributed by atoms with Gasteiger partial charge in [0.1, 0.15) is 5.60 Å². The van der Waals surface area contributed by atoms with Crippen LogP contribution in [-0.4, -0.2) is 47.4 Å². The molecule has 0 aliphatic carbocycles. The van der Waals surface area contributed by atoms with E-state index in [1.807, 2.05) is 0 Å². The molecular formula is C13H22FNO4. The molecule has 0 bridgehead atoms. The second kappa shape index (κ2) is 5.75. The number of carbonyl (C=O) groups excluding carboxylic acids is 1. The highest BCUT2D eigenvalue weighted by Crippen LogP contribution is 2.34. The number of carbonyl (C=O) groups is 2. The molecule has 1 atom stereocenters. The normalized spacial score (nSPS) is 24.1. The summed E-state index contributed by atoms with van der Waals surface area (Å²) < 4.78 is 17.8. The first kappa shape index (κ1) is 15.7. The van der Waals surface area contributed by atoms with E-state index in [0.29, 0.717) is 19.4 Å². The molecule has 1 rings (SSSR count). The molecule has 0 saturated carbocycles. The van der Waals surface area contributed by atoms with Crippen molar-refractivity contribution >= 4 is 12.1 Å². The lowest BCUT2D eigenvalue weighted by Gasteiger charge is -2.39. The van der Waals surface area contributed by atoms with Crippen molar-refractivity contribution in [2.24, 2.45) is 5.41 Å². The van der Waals surface area contributed by atoms with Gasteiger partial charge in [0.05, 0.1) is 12.1 Å². The van der Waals surface area contributed by atoms with Crippen molar-refractivity contribution in [3.63, 3.8) is 0 Å². The molecule has 19 heavy (non-hydrogen) atoms. The molecule has 0 aromatic carbocycles. The zero-order valence-electron chi connectivity index (χ0n) is 11.7. The van der Waals surface area contributed by atoms with Crippen LogP contribution in [0.25, 0.3) is 0 Å². The standard InChI is InChI=1S/C13H22FNO4/c1-12(2,3)19-11(18)15-8-4-5-13(9-15,6-7-14)10(16)17/h4-9H2,1-3H3,(H,16,17). The van der Waals surface area contributed by atoms with E-state index in [1.165, 1.54) is 4.90 Å². The molecule has 1 unspecified atom stereocenters. The van der Waals surface area contributed by atoms with E-state index >= 15 is 0 Å². The van der Waals surface area contributed by atoms with E-state index in [2.05, 4.69) is 0 Å². The third-order valence-electron chi connectivity index (χ3n) is 3.26. The fraction of sp³-hybridized carbons (Fsp3) is 0.846. The summed E-state index contributed by atoms with van der Waals surface area (Å²) >= 11 is 0. The van der Waals surface area contributed by atoms with Gasteiger partial charge in [0.2, 0.25) is 0 Å². The fourth-order valence-electron chi connectivity index (χ4n) is 2.28. The Hall–Kier alpha value is -1.33. The Labute approximate surface area is 112 Å². The monoisotopic (exact) mass is 275 g/mol. The molecule has 1 aliphatic rings. The number of carboxylic acids is 1. The lowest BCUT2D eigenvalue weighted by Crippen LogP contribution is -2.51. The van der Waals surface area contributed by atoms with Crippen LogP contribution in [0.15, 0.2) is 0 Å². The molecule has 1 fully saturated rings. The molecule has 0 aromatic heterocycles. The van der Waals surface area contributed by atoms with Gasteiger partial charge in [-0.3, -0.25) is 9.18 Å².